The van der Waals surface area contributed by atoms with Gasteiger partial charge >= 0.3 is 0 Å². The third kappa shape index (κ3) is 2.97. The molecule has 0 spiro atoms. The van der Waals surface area contributed by atoms with Gasteiger partial charge < -0.3 is 0 Å². The SMILES string of the molecule is Clc1cc(Cl)c(-c2cc(CBr)ccc2Cl)c(Cl)c1. The van der Waals surface area contributed by atoms with Crippen molar-refractivity contribution in [2.24, 2.45) is 0 Å². The van der Waals surface area contributed by atoms with Gasteiger partial charge in [-0.05, 0) is 29.8 Å². The molecule has 0 saturated carbocycles. The van der Waals surface area contributed by atoms with Crippen molar-refractivity contribution in [2.45, 2.75) is 5.33 Å². The second-order valence-corrected chi connectivity index (χ2v) is 5.91. The standard InChI is InChI=1S/C13H7BrCl4/c14-6-7-1-2-10(16)9(3-7)13-11(17)4-8(15)5-12(13)18/h1-5H,6H2. The second-order valence-electron chi connectivity index (χ2n) is 3.69. The largest absolute Gasteiger partial charge is 0.0876 e. The molecule has 0 aliphatic rings. The zero-order valence-corrected chi connectivity index (χ0v) is 13.6. The molecule has 0 aliphatic heterocycles. The van der Waals surface area contributed by atoms with Gasteiger partial charge in [0.25, 0.3) is 0 Å². The molecule has 0 aromatic heterocycles. The average Bonchev–Trinajstić information content (AvgIpc) is 2.30. The first kappa shape index (κ1) is 14.5. The summed E-state index contributed by atoms with van der Waals surface area (Å²) in [6, 6.07) is 9.04. The highest BCUT2D eigenvalue weighted by Gasteiger charge is 2.13. The first-order valence-corrected chi connectivity index (χ1v) is 7.65. The summed E-state index contributed by atoms with van der Waals surface area (Å²) in [5.41, 5.74) is 2.60. The molecule has 2 aromatic rings. The van der Waals surface area contributed by atoms with Crippen molar-refractivity contribution in [2.75, 3.05) is 0 Å². The van der Waals surface area contributed by atoms with Crippen molar-refractivity contribution >= 4 is 62.3 Å². The molecule has 0 unspecified atom stereocenters. The summed E-state index contributed by atoms with van der Waals surface area (Å²) in [6.07, 6.45) is 0. The van der Waals surface area contributed by atoms with Crippen LogP contribution in [-0.4, -0.2) is 0 Å². The number of hydrogen-bond donors (Lipinski definition) is 0. The minimum atomic E-state index is 0.487. The van der Waals surface area contributed by atoms with Crippen molar-refractivity contribution in [1.82, 2.24) is 0 Å². The van der Waals surface area contributed by atoms with Crippen LogP contribution >= 0.6 is 62.3 Å². The zero-order chi connectivity index (χ0) is 13.3. The van der Waals surface area contributed by atoms with Crippen LogP contribution < -0.4 is 0 Å². The molecule has 0 amide bonds. The van der Waals surface area contributed by atoms with Gasteiger partial charge in [-0.3, -0.25) is 0 Å². The fourth-order valence-corrected chi connectivity index (χ4v) is 3.23. The Kier molecular flexibility index (Phi) is 4.85. The summed E-state index contributed by atoms with van der Waals surface area (Å²) in [5.74, 6) is 0. The van der Waals surface area contributed by atoms with Crippen molar-refractivity contribution in [3.8, 4) is 11.1 Å². The lowest BCUT2D eigenvalue weighted by Crippen LogP contribution is -1.86. The number of benzene rings is 2. The molecular weight excluding hydrogens is 378 g/mol. The predicted octanol–water partition coefficient (Wildman–Crippen LogP) is 6.86. The van der Waals surface area contributed by atoms with Crippen LogP contribution in [0.2, 0.25) is 20.1 Å². The molecule has 0 fully saturated rings. The third-order valence-electron chi connectivity index (χ3n) is 2.46. The quantitative estimate of drug-likeness (QED) is 0.496. The van der Waals surface area contributed by atoms with Crippen LogP contribution in [0, 0.1) is 0 Å². The van der Waals surface area contributed by atoms with Crippen LogP contribution in [-0.2, 0) is 5.33 Å². The molecule has 94 valence electrons. The third-order valence-corrected chi connectivity index (χ3v) is 4.25. The molecule has 2 rings (SSSR count). The van der Waals surface area contributed by atoms with Gasteiger partial charge in [0.05, 0.1) is 10.0 Å². The van der Waals surface area contributed by atoms with Gasteiger partial charge in [0.15, 0.2) is 0 Å². The van der Waals surface area contributed by atoms with E-state index in [1.807, 2.05) is 18.2 Å². The number of halogens is 5. The molecule has 0 heterocycles. The van der Waals surface area contributed by atoms with Crippen molar-refractivity contribution in [3.05, 3.63) is 56.0 Å². The molecule has 0 radical (unpaired) electrons. The Labute approximate surface area is 134 Å². The van der Waals surface area contributed by atoms with E-state index in [1.165, 1.54) is 0 Å². The van der Waals surface area contributed by atoms with Crippen LogP contribution in [0.4, 0.5) is 0 Å². The van der Waals surface area contributed by atoms with Crippen LogP contribution in [0.5, 0.6) is 0 Å². The first-order valence-electron chi connectivity index (χ1n) is 5.02. The lowest BCUT2D eigenvalue weighted by molar-refractivity contribution is 1.43. The fraction of sp³-hybridized carbons (Fsp3) is 0.0769. The average molecular weight is 385 g/mol. The van der Waals surface area contributed by atoms with E-state index in [0.717, 1.165) is 16.5 Å². The lowest BCUT2D eigenvalue weighted by atomic mass is 10.0. The molecule has 0 atom stereocenters. The van der Waals surface area contributed by atoms with Gasteiger partial charge in [-0.1, -0.05) is 68.4 Å². The zero-order valence-electron chi connectivity index (χ0n) is 8.98. The Morgan fingerprint density at radius 2 is 1.44 bits per heavy atom. The molecule has 0 saturated heterocycles. The summed E-state index contributed by atoms with van der Waals surface area (Å²) in [6.45, 7) is 0. The van der Waals surface area contributed by atoms with Crippen LogP contribution in [0.15, 0.2) is 30.3 Å². The maximum Gasteiger partial charge on any atom is 0.0514 e. The van der Waals surface area contributed by atoms with E-state index in [2.05, 4.69) is 15.9 Å². The highest BCUT2D eigenvalue weighted by Crippen LogP contribution is 2.40. The Hall–Kier alpha value is 0.0800. The molecule has 0 N–H and O–H groups in total. The Morgan fingerprint density at radius 3 is 2.00 bits per heavy atom. The van der Waals surface area contributed by atoms with Crippen molar-refractivity contribution < 1.29 is 0 Å². The number of rotatable bonds is 2. The van der Waals surface area contributed by atoms with E-state index < -0.39 is 0 Å². The minimum Gasteiger partial charge on any atom is -0.0876 e. The Bertz CT molecular complexity index is 573. The normalized spacial score (nSPS) is 10.7. The Morgan fingerprint density at radius 1 is 0.833 bits per heavy atom. The lowest BCUT2D eigenvalue weighted by Gasteiger charge is -2.11. The van der Waals surface area contributed by atoms with Crippen molar-refractivity contribution in [3.63, 3.8) is 0 Å². The topological polar surface area (TPSA) is 0 Å². The fourth-order valence-electron chi connectivity index (χ4n) is 1.65. The highest BCUT2D eigenvalue weighted by atomic mass is 79.9. The Balaban J connectivity index is 2.68. The minimum absolute atomic E-state index is 0.487. The number of alkyl halides is 1. The molecular formula is C13H7BrCl4. The molecule has 18 heavy (non-hydrogen) atoms. The summed E-state index contributed by atoms with van der Waals surface area (Å²) in [5, 5.41) is 2.81. The van der Waals surface area contributed by atoms with Crippen LogP contribution in [0.1, 0.15) is 5.56 Å². The molecule has 0 aliphatic carbocycles. The van der Waals surface area contributed by atoms with E-state index in [4.69, 9.17) is 46.4 Å². The molecule has 2 aromatic carbocycles. The van der Waals surface area contributed by atoms with E-state index >= 15 is 0 Å². The monoisotopic (exact) mass is 382 g/mol. The summed E-state index contributed by atoms with van der Waals surface area (Å²) in [4.78, 5) is 0. The first-order chi connectivity index (χ1) is 8.52. The highest BCUT2D eigenvalue weighted by molar-refractivity contribution is 9.08. The van der Waals surface area contributed by atoms with Crippen LogP contribution in [0.3, 0.4) is 0 Å². The van der Waals surface area contributed by atoms with Gasteiger partial charge in [-0.25, -0.2) is 0 Å². The van der Waals surface area contributed by atoms with Crippen LogP contribution in [0.25, 0.3) is 11.1 Å². The van der Waals surface area contributed by atoms with E-state index in [9.17, 15) is 0 Å². The van der Waals surface area contributed by atoms with E-state index in [1.54, 1.807) is 12.1 Å². The summed E-state index contributed by atoms with van der Waals surface area (Å²) in [7, 11) is 0. The molecule has 5 heteroatoms. The van der Waals surface area contributed by atoms with Gasteiger partial charge in [-0.15, -0.1) is 0 Å². The smallest absolute Gasteiger partial charge is 0.0514 e. The second kappa shape index (κ2) is 6.02. The number of hydrogen-bond acceptors (Lipinski definition) is 0. The maximum atomic E-state index is 6.21. The van der Waals surface area contributed by atoms with E-state index in [0.29, 0.717) is 25.7 Å². The van der Waals surface area contributed by atoms with Gasteiger partial charge in [0.1, 0.15) is 0 Å². The van der Waals surface area contributed by atoms with Gasteiger partial charge in [0.2, 0.25) is 0 Å². The van der Waals surface area contributed by atoms with Crippen molar-refractivity contribution in [1.29, 1.82) is 0 Å². The molecule has 0 nitrogen and oxygen atoms in total. The van der Waals surface area contributed by atoms with E-state index in [-0.39, 0.29) is 0 Å². The van der Waals surface area contributed by atoms with Gasteiger partial charge in [0, 0.05) is 26.5 Å². The molecule has 0 bridgehead atoms. The van der Waals surface area contributed by atoms with Gasteiger partial charge in [-0.2, -0.15) is 0 Å². The maximum absolute atomic E-state index is 6.21. The summed E-state index contributed by atoms with van der Waals surface area (Å²) >= 11 is 27.9. The predicted molar refractivity (Wildman–Crippen MR) is 84.5 cm³/mol. The summed E-state index contributed by atoms with van der Waals surface area (Å²) < 4.78 is 0.